The minimum Gasteiger partial charge on any atom is -0.103 e. The molecule has 0 saturated heterocycles. The maximum atomic E-state index is 3.76. The van der Waals surface area contributed by atoms with Crippen molar-refractivity contribution < 1.29 is 0 Å². The Kier molecular flexibility index (Phi) is 5.00. The molecule has 0 bridgehead atoms. The fourth-order valence-corrected chi connectivity index (χ4v) is 0.876. The quantitative estimate of drug-likeness (QED) is 0.511. The van der Waals surface area contributed by atoms with Gasteiger partial charge in [-0.1, -0.05) is 26.0 Å². The van der Waals surface area contributed by atoms with Gasteiger partial charge in [0.1, 0.15) is 0 Å². The summed E-state index contributed by atoms with van der Waals surface area (Å²) in [4.78, 5) is 0. The highest BCUT2D eigenvalue weighted by Crippen LogP contribution is 2.17. The summed E-state index contributed by atoms with van der Waals surface area (Å²) in [7, 11) is 0. The minimum atomic E-state index is 0.639. The zero-order chi connectivity index (χ0) is 7.98. The topological polar surface area (TPSA) is 0 Å². The monoisotopic (exact) mass is 138 g/mol. The maximum Gasteiger partial charge on any atom is -0.0239 e. The van der Waals surface area contributed by atoms with Crippen molar-refractivity contribution in [1.82, 2.24) is 0 Å². The Morgan fingerprint density at radius 3 is 2.30 bits per heavy atom. The Balaban J connectivity index is 3.49. The molecule has 0 aromatic rings. The van der Waals surface area contributed by atoms with Crippen LogP contribution in [0.3, 0.4) is 0 Å². The minimum absolute atomic E-state index is 0.639. The van der Waals surface area contributed by atoms with E-state index in [4.69, 9.17) is 0 Å². The van der Waals surface area contributed by atoms with E-state index in [1.807, 2.05) is 12.2 Å². The molecule has 0 amide bonds. The second kappa shape index (κ2) is 5.28. The third kappa shape index (κ3) is 3.49. The van der Waals surface area contributed by atoms with Gasteiger partial charge in [-0.2, -0.15) is 0 Å². The lowest BCUT2D eigenvalue weighted by molar-refractivity contribution is 0.432. The molecule has 2 atom stereocenters. The maximum absolute atomic E-state index is 3.76. The fourth-order valence-electron chi connectivity index (χ4n) is 0.876. The average Bonchev–Trinajstić information content (AvgIpc) is 1.98. The lowest BCUT2D eigenvalue weighted by atomic mass is 9.92. The molecule has 0 spiro atoms. The summed E-state index contributed by atoms with van der Waals surface area (Å²) >= 11 is 0. The first kappa shape index (κ1) is 9.48. The first-order chi connectivity index (χ1) is 4.72. The Morgan fingerprint density at radius 2 is 1.90 bits per heavy atom. The zero-order valence-electron chi connectivity index (χ0n) is 7.14. The van der Waals surface area contributed by atoms with Gasteiger partial charge in [-0.15, -0.1) is 13.2 Å². The summed E-state index contributed by atoms with van der Waals surface area (Å²) in [6, 6.07) is 0. The standard InChI is InChI=1S/C10H18/c1-5-7-8-10(4)9(3)6-2/h5-6,9-10H,1-2,7-8H2,3-4H3. The van der Waals surface area contributed by atoms with E-state index in [-0.39, 0.29) is 0 Å². The van der Waals surface area contributed by atoms with Gasteiger partial charge >= 0.3 is 0 Å². The molecule has 0 heteroatoms. The molecule has 0 saturated carbocycles. The lowest BCUT2D eigenvalue weighted by Gasteiger charge is -2.14. The van der Waals surface area contributed by atoms with Crippen LogP contribution in [0.25, 0.3) is 0 Å². The van der Waals surface area contributed by atoms with Crippen molar-refractivity contribution >= 4 is 0 Å². The van der Waals surface area contributed by atoms with Crippen molar-refractivity contribution in [1.29, 1.82) is 0 Å². The van der Waals surface area contributed by atoms with Crippen molar-refractivity contribution in [3.8, 4) is 0 Å². The van der Waals surface area contributed by atoms with E-state index in [2.05, 4.69) is 27.0 Å². The molecule has 0 heterocycles. The number of hydrogen-bond acceptors (Lipinski definition) is 0. The number of allylic oxidation sites excluding steroid dienone is 2. The summed E-state index contributed by atoms with van der Waals surface area (Å²) in [6.45, 7) is 11.9. The summed E-state index contributed by atoms with van der Waals surface area (Å²) < 4.78 is 0. The largest absolute Gasteiger partial charge is 0.103 e. The van der Waals surface area contributed by atoms with Crippen molar-refractivity contribution in [3.05, 3.63) is 25.3 Å². The molecule has 0 radical (unpaired) electrons. The van der Waals surface area contributed by atoms with Crippen LogP contribution in [0.15, 0.2) is 25.3 Å². The molecule has 0 aromatic carbocycles. The Morgan fingerprint density at radius 1 is 1.30 bits per heavy atom. The lowest BCUT2D eigenvalue weighted by Crippen LogP contribution is -2.03. The van der Waals surface area contributed by atoms with Crippen LogP contribution in [0, 0.1) is 11.8 Å². The fraction of sp³-hybridized carbons (Fsp3) is 0.600. The molecule has 58 valence electrons. The summed E-state index contributed by atoms with van der Waals surface area (Å²) in [5.41, 5.74) is 0. The van der Waals surface area contributed by atoms with Gasteiger partial charge in [0, 0.05) is 0 Å². The van der Waals surface area contributed by atoms with Crippen molar-refractivity contribution in [2.24, 2.45) is 11.8 Å². The van der Waals surface area contributed by atoms with Gasteiger partial charge in [-0.3, -0.25) is 0 Å². The van der Waals surface area contributed by atoms with Gasteiger partial charge in [-0.25, -0.2) is 0 Å². The molecule has 0 rings (SSSR count). The molecule has 0 N–H and O–H groups in total. The van der Waals surface area contributed by atoms with Gasteiger partial charge in [0.2, 0.25) is 0 Å². The van der Waals surface area contributed by atoms with Gasteiger partial charge in [-0.05, 0) is 24.7 Å². The number of hydrogen-bond donors (Lipinski definition) is 0. The van der Waals surface area contributed by atoms with Crippen molar-refractivity contribution in [2.45, 2.75) is 26.7 Å². The van der Waals surface area contributed by atoms with Crippen LogP contribution in [0.1, 0.15) is 26.7 Å². The number of rotatable bonds is 5. The predicted molar refractivity (Wildman–Crippen MR) is 48.0 cm³/mol. The van der Waals surface area contributed by atoms with Gasteiger partial charge < -0.3 is 0 Å². The van der Waals surface area contributed by atoms with Crippen LogP contribution in [0.5, 0.6) is 0 Å². The van der Waals surface area contributed by atoms with Gasteiger partial charge in [0.25, 0.3) is 0 Å². The first-order valence-corrected chi connectivity index (χ1v) is 3.95. The second-order valence-corrected chi connectivity index (χ2v) is 2.94. The van der Waals surface area contributed by atoms with Crippen LogP contribution >= 0.6 is 0 Å². The molecule has 0 aliphatic rings. The normalized spacial score (nSPS) is 15.8. The zero-order valence-corrected chi connectivity index (χ0v) is 7.14. The predicted octanol–water partition coefficient (Wildman–Crippen LogP) is 3.41. The van der Waals surface area contributed by atoms with E-state index in [1.165, 1.54) is 6.42 Å². The third-order valence-electron chi connectivity index (χ3n) is 2.10. The van der Waals surface area contributed by atoms with Crippen LogP contribution in [-0.2, 0) is 0 Å². The van der Waals surface area contributed by atoms with E-state index in [9.17, 15) is 0 Å². The van der Waals surface area contributed by atoms with E-state index >= 15 is 0 Å². The van der Waals surface area contributed by atoms with Crippen LogP contribution in [-0.4, -0.2) is 0 Å². The van der Waals surface area contributed by atoms with Crippen molar-refractivity contribution in [3.63, 3.8) is 0 Å². The van der Waals surface area contributed by atoms with E-state index in [0.29, 0.717) is 5.92 Å². The van der Waals surface area contributed by atoms with E-state index in [0.717, 1.165) is 12.3 Å². The van der Waals surface area contributed by atoms with Gasteiger partial charge in [0.05, 0.1) is 0 Å². The van der Waals surface area contributed by atoms with Crippen LogP contribution < -0.4 is 0 Å². The first-order valence-electron chi connectivity index (χ1n) is 3.95. The smallest absolute Gasteiger partial charge is 0.0239 e. The Labute approximate surface area is 64.6 Å². The third-order valence-corrected chi connectivity index (χ3v) is 2.10. The molecule has 2 unspecified atom stereocenters. The molecule has 0 aromatic heterocycles. The Bertz CT molecular complexity index is 103. The summed E-state index contributed by atoms with van der Waals surface area (Å²) in [5, 5.41) is 0. The average molecular weight is 138 g/mol. The summed E-state index contributed by atoms with van der Waals surface area (Å²) in [6.07, 6.45) is 6.36. The van der Waals surface area contributed by atoms with E-state index in [1.54, 1.807) is 0 Å². The molecule has 0 nitrogen and oxygen atoms in total. The van der Waals surface area contributed by atoms with Crippen molar-refractivity contribution in [2.75, 3.05) is 0 Å². The molecule has 10 heavy (non-hydrogen) atoms. The SMILES string of the molecule is C=CCCC(C)C(C)C=C. The highest BCUT2D eigenvalue weighted by Gasteiger charge is 2.06. The molecule has 0 aliphatic heterocycles. The van der Waals surface area contributed by atoms with Crippen LogP contribution in [0.4, 0.5) is 0 Å². The highest BCUT2D eigenvalue weighted by molar-refractivity contribution is 4.80. The van der Waals surface area contributed by atoms with Crippen LogP contribution in [0.2, 0.25) is 0 Å². The second-order valence-electron chi connectivity index (χ2n) is 2.94. The molecule has 0 aliphatic carbocycles. The van der Waals surface area contributed by atoms with E-state index < -0.39 is 0 Å². The molecule has 0 fully saturated rings. The highest BCUT2D eigenvalue weighted by atomic mass is 14.1. The Hall–Kier alpha value is -0.520. The molecular formula is C10H18. The summed E-state index contributed by atoms with van der Waals surface area (Å²) in [5.74, 6) is 1.38. The van der Waals surface area contributed by atoms with Gasteiger partial charge in [0.15, 0.2) is 0 Å². The molecular weight excluding hydrogens is 120 g/mol.